The van der Waals surface area contributed by atoms with Gasteiger partial charge in [-0.3, -0.25) is 4.68 Å². The first-order valence-corrected chi connectivity index (χ1v) is 10.9. The molecule has 2 N–H and O–H groups in total. The maximum Gasteiger partial charge on any atom is 0.435 e. The maximum atomic E-state index is 13.7. The van der Waals surface area contributed by atoms with Crippen molar-refractivity contribution in [3.8, 4) is 22.7 Å². The molecule has 1 aliphatic rings. The largest absolute Gasteiger partial charge is 0.482 e. The number of hydrogen-bond donors (Lipinski definition) is 1. The minimum atomic E-state index is -4.58. The van der Waals surface area contributed by atoms with Crippen LogP contribution < -0.4 is 10.5 Å². The summed E-state index contributed by atoms with van der Waals surface area (Å²) >= 11 is 0. The average Bonchev–Trinajstić information content (AvgIpc) is 3.39. The Labute approximate surface area is 194 Å². The van der Waals surface area contributed by atoms with Crippen LogP contribution in [0, 0.1) is 6.92 Å². The third-order valence-corrected chi connectivity index (χ3v) is 5.97. The molecule has 4 aromatic rings. The van der Waals surface area contributed by atoms with Gasteiger partial charge in [-0.15, -0.1) is 0 Å². The summed E-state index contributed by atoms with van der Waals surface area (Å²) in [4.78, 5) is 4.32. The van der Waals surface area contributed by atoms with Gasteiger partial charge in [-0.2, -0.15) is 23.4 Å². The van der Waals surface area contributed by atoms with Gasteiger partial charge in [0.2, 0.25) is 0 Å². The maximum absolute atomic E-state index is 13.7. The van der Waals surface area contributed by atoms with Crippen molar-refractivity contribution in [1.82, 2.24) is 24.5 Å². The number of anilines is 1. The zero-order valence-electron chi connectivity index (χ0n) is 18.9. The van der Waals surface area contributed by atoms with Gasteiger partial charge in [0.1, 0.15) is 6.10 Å². The smallest absolute Gasteiger partial charge is 0.435 e. The normalized spacial score (nSPS) is 15.4. The quantitative estimate of drug-likeness (QED) is 0.420. The Balaban J connectivity index is 1.82. The van der Waals surface area contributed by atoms with Crippen LogP contribution in [0.2, 0.25) is 0 Å². The van der Waals surface area contributed by atoms with Crippen molar-refractivity contribution in [2.45, 2.75) is 46.0 Å². The fraction of sp³-hybridized carbons (Fsp3) is 0.292. The van der Waals surface area contributed by atoms with E-state index >= 15 is 0 Å². The average molecular weight is 468 g/mol. The number of benzene rings is 1. The Morgan fingerprint density at radius 1 is 1.18 bits per heavy atom. The molecule has 1 aromatic carbocycles. The van der Waals surface area contributed by atoms with Gasteiger partial charge in [0.15, 0.2) is 17.3 Å². The van der Waals surface area contributed by atoms with Crippen molar-refractivity contribution in [3.63, 3.8) is 0 Å². The number of halogens is 3. The summed E-state index contributed by atoms with van der Waals surface area (Å²) < 4.78 is 50.4. The van der Waals surface area contributed by atoms with E-state index < -0.39 is 18.0 Å². The molecule has 1 aliphatic heterocycles. The van der Waals surface area contributed by atoms with E-state index in [0.29, 0.717) is 29.2 Å². The number of pyridine rings is 1. The number of ether oxygens (including phenoxy) is 1. The Hall–Kier alpha value is -3.82. The molecule has 0 saturated carbocycles. The van der Waals surface area contributed by atoms with E-state index in [4.69, 9.17) is 10.5 Å². The fourth-order valence-electron chi connectivity index (χ4n) is 4.34. The second-order valence-corrected chi connectivity index (χ2v) is 8.37. The minimum Gasteiger partial charge on any atom is -0.482 e. The van der Waals surface area contributed by atoms with Gasteiger partial charge < -0.3 is 10.5 Å². The number of hydrogen-bond acceptors (Lipinski definition) is 5. The van der Waals surface area contributed by atoms with Gasteiger partial charge >= 0.3 is 6.18 Å². The minimum absolute atomic E-state index is 0.195. The fourth-order valence-corrected chi connectivity index (χ4v) is 4.34. The molecule has 0 amide bonds. The SMILES string of the molecule is CCn1ncc2c1-c1cnc(N)c(c1)OC(C)c1cc(C)ccc1-n1nc(C(F)(F)F)cc1C2. The highest BCUT2D eigenvalue weighted by Gasteiger charge is 2.36. The molecule has 176 valence electrons. The lowest BCUT2D eigenvalue weighted by Gasteiger charge is -2.22. The van der Waals surface area contributed by atoms with E-state index in [1.54, 1.807) is 29.2 Å². The van der Waals surface area contributed by atoms with E-state index in [0.717, 1.165) is 28.5 Å². The summed E-state index contributed by atoms with van der Waals surface area (Å²) in [5, 5.41) is 8.42. The monoisotopic (exact) mass is 468 g/mol. The lowest BCUT2D eigenvalue weighted by atomic mass is 10.0. The summed E-state index contributed by atoms with van der Waals surface area (Å²) in [6.45, 7) is 6.25. The van der Waals surface area contributed by atoms with Crippen LogP contribution >= 0.6 is 0 Å². The van der Waals surface area contributed by atoms with Gasteiger partial charge in [0, 0.05) is 41.5 Å². The lowest BCUT2D eigenvalue weighted by Crippen LogP contribution is -2.14. The van der Waals surface area contributed by atoms with Crippen LogP contribution in [-0.4, -0.2) is 24.5 Å². The molecule has 2 bridgehead atoms. The number of fused-ring (bicyclic) bond motifs is 7. The molecule has 0 saturated heterocycles. The number of nitrogens with two attached hydrogens (primary N) is 1. The molecule has 5 rings (SSSR count). The Morgan fingerprint density at radius 3 is 2.71 bits per heavy atom. The first-order valence-electron chi connectivity index (χ1n) is 10.9. The zero-order valence-corrected chi connectivity index (χ0v) is 18.9. The highest BCUT2D eigenvalue weighted by molar-refractivity contribution is 5.68. The highest BCUT2D eigenvalue weighted by Crippen LogP contribution is 2.37. The summed E-state index contributed by atoms with van der Waals surface area (Å²) in [7, 11) is 0. The molecule has 1 atom stereocenters. The Morgan fingerprint density at radius 2 is 1.97 bits per heavy atom. The molecule has 10 heteroatoms. The molecular weight excluding hydrogens is 445 g/mol. The molecule has 3 aromatic heterocycles. The Bertz CT molecular complexity index is 1390. The number of alkyl halides is 3. The van der Waals surface area contributed by atoms with Crippen LogP contribution in [0.25, 0.3) is 16.9 Å². The molecule has 0 aliphatic carbocycles. The second-order valence-electron chi connectivity index (χ2n) is 8.37. The van der Waals surface area contributed by atoms with Gasteiger partial charge in [-0.1, -0.05) is 17.7 Å². The van der Waals surface area contributed by atoms with Crippen molar-refractivity contribution >= 4 is 5.82 Å². The van der Waals surface area contributed by atoms with E-state index in [9.17, 15) is 13.2 Å². The molecule has 7 nitrogen and oxygen atoms in total. The number of aromatic nitrogens is 5. The summed E-state index contributed by atoms with van der Waals surface area (Å²) in [5.74, 6) is 0.620. The third kappa shape index (κ3) is 3.68. The van der Waals surface area contributed by atoms with Crippen LogP contribution in [-0.2, 0) is 19.1 Å². The molecule has 0 spiro atoms. The van der Waals surface area contributed by atoms with Crippen LogP contribution in [0.15, 0.2) is 42.7 Å². The van der Waals surface area contributed by atoms with Gasteiger partial charge in [-0.05, 0) is 39.0 Å². The van der Waals surface area contributed by atoms with Crippen molar-refractivity contribution in [1.29, 1.82) is 0 Å². The van der Waals surface area contributed by atoms with Gasteiger partial charge in [0.05, 0.1) is 17.6 Å². The number of rotatable bonds is 1. The first-order chi connectivity index (χ1) is 16.2. The van der Waals surface area contributed by atoms with Crippen molar-refractivity contribution < 1.29 is 17.9 Å². The molecule has 34 heavy (non-hydrogen) atoms. The zero-order chi connectivity index (χ0) is 24.2. The molecular formula is C24H23F3N6O. The van der Waals surface area contributed by atoms with Gasteiger partial charge in [-0.25, -0.2) is 9.67 Å². The van der Waals surface area contributed by atoms with E-state index in [1.807, 2.05) is 32.9 Å². The first kappa shape index (κ1) is 22.0. The standard InChI is InChI=1S/C24H23F3N6O/c1-4-32-22-15(12-30-32)8-17-10-21(24(25,26)27)31-33(17)19-6-5-13(2)7-18(19)14(3)34-20-9-16(22)11-29-23(20)28/h5-7,9-12,14H,4,8H2,1-3H3,(H2,28,29). The predicted octanol–water partition coefficient (Wildman–Crippen LogP) is 5.10. The molecule has 0 radical (unpaired) electrons. The van der Waals surface area contributed by atoms with Crippen LogP contribution in [0.1, 0.15) is 48.0 Å². The van der Waals surface area contributed by atoms with E-state index in [-0.39, 0.29) is 12.2 Å². The third-order valence-electron chi connectivity index (χ3n) is 5.97. The van der Waals surface area contributed by atoms with E-state index in [2.05, 4.69) is 15.2 Å². The van der Waals surface area contributed by atoms with Crippen molar-refractivity contribution in [3.05, 3.63) is 70.8 Å². The number of aryl methyl sites for hydroxylation is 2. The van der Waals surface area contributed by atoms with Crippen LogP contribution in [0.3, 0.4) is 0 Å². The Kier molecular flexibility index (Phi) is 5.11. The molecule has 0 fully saturated rings. The summed E-state index contributed by atoms with van der Waals surface area (Å²) in [5.41, 5.74) is 9.92. The van der Waals surface area contributed by atoms with Crippen LogP contribution in [0.5, 0.6) is 5.75 Å². The highest BCUT2D eigenvalue weighted by atomic mass is 19.4. The second kappa shape index (κ2) is 7.89. The number of nitrogens with zero attached hydrogens (tertiary/aromatic N) is 5. The molecule has 1 unspecified atom stereocenters. The van der Waals surface area contributed by atoms with Crippen LogP contribution in [0.4, 0.5) is 19.0 Å². The topological polar surface area (TPSA) is 83.8 Å². The lowest BCUT2D eigenvalue weighted by molar-refractivity contribution is -0.141. The van der Waals surface area contributed by atoms with E-state index in [1.165, 1.54) is 4.68 Å². The van der Waals surface area contributed by atoms with Crippen molar-refractivity contribution in [2.24, 2.45) is 0 Å². The van der Waals surface area contributed by atoms with Crippen molar-refractivity contribution in [2.75, 3.05) is 5.73 Å². The molecule has 4 heterocycles. The predicted molar refractivity (Wildman–Crippen MR) is 121 cm³/mol. The summed E-state index contributed by atoms with van der Waals surface area (Å²) in [6.07, 6.45) is -1.62. The number of nitrogen functional groups attached to an aromatic ring is 1. The summed E-state index contributed by atoms with van der Waals surface area (Å²) in [6, 6.07) is 8.40. The van der Waals surface area contributed by atoms with Gasteiger partial charge in [0.25, 0.3) is 0 Å².